The summed E-state index contributed by atoms with van der Waals surface area (Å²) in [5.41, 5.74) is 0. The fourth-order valence-electron chi connectivity index (χ4n) is 2.03. The van der Waals surface area contributed by atoms with Crippen molar-refractivity contribution < 1.29 is 23.9 Å². The van der Waals surface area contributed by atoms with E-state index in [1.807, 2.05) is 0 Å². The number of carbonyl (C=O) groups excluding carboxylic acids is 1. The Bertz CT molecular complexity index is 339. The molecule has 1 unspecified atom stereocenters. The Morgan fingerprint density at radius 1 is 1.00 bits per heavy atom. The molecular weight excluding hydrogens is 291 g/mol. The molecule has 0 bridgehead atoms. The lowest BCUT2D eigenvalue weighted by atomic mass is 10.1. The fraction of sp³-hybridized carbons (Fsp3) is 0.933. The van der Waals surface area contributed by atoms with Gasteiger partial charge < -0.3 is 14.5 Å². The highest BCUT2D eigenvalue weighted by atomic mass is 31.2. The minimum Gasteiger partial charge on any atom is -0.465 e. The van der Waals surface area contributed by atoms with E-state index in [0.717, 1.165) is 19.3 Å². The lowest BCUT2D eigenvalue weighted by Gasteiger charge is -2.26. The van der Waals surface area contributed by atoms with Crippen molar-refractivity contribution in [1.29, 1.82) is 0 Å². The van der Waals surface area contributed by atoms with E-state index in [9.17, 15) is 19.1 Å². The Balaban J connectivity index is 3.82. The van der Waals surface area contributed by atoms with E-state index in [1.165, 1.54) is 39.0 Å². The third kappa shape index (κ3) is 7.44. The normalized spacial score (nSPS) is 14.7. The Labute approximate surface area is 128 Å². The second-order valence-electron chi connectivity index (χ2n) is 5.78. The van der Waals surface area contributed by atoms with Crippen molar-refractivity contribution in [3.05, 3.63) is 0 Å². The van der Waals surface area contributed by atoms with Gasteiger partial charge in [-0.15, -0.1) is 0 Å². The summed E-state index contributed by atoms with van der Waals surface area (Å²) in [6, 6.07) is 0. The number of unbranched alkanes of at least 4 members (excludes halogenated alkanes) is 7. The predicted octanol–water partition coefficient (Wildman–Crippen LogP) is 4.02. The highest BCUT2D eigenvalue weighted by molar-refractivity contribution is 7.54. The van der Waals surface area contributed by atoms with Gasteiger partial charge in [0.1, 0.15) is 0 Å². The highest BCUT2D eigenvalue weighted by Gasteiger charge is 2.49. The maximum absolute atomic E-state index is 11.8. The van der Waals surface area contributed by atoms with Crippen LogP contribution in [0.4, 0.5) is 0 Å². The van der Waals surface area contributed by atoms with Gasteiger partial charge in [-0.3, -0.25) is 9.36 Å². The van der Waals surface area contributed by atoms with Crippen molar-refractivity contribution in [2.45, 2.75) is 83.7 Å². The number of carbonyl (C=O) groups is 1. The molecule has 0 amide bonds. The maximum Gasteiger partial charge on any atom is 0.342 e. The van der Waals surface area contributed by atoms with Crippen LogP contribution < -0.4 is 0 Å². The summed E-state index contributed by atoms with van der Waals surface area (Å²) in [7, 11) is -4.50. The van der Waals surface area contributed by atoms with E-state index in [4.69, 9.17) is 4.74 Å². The number of ether oxygens (including phenoxy) is 1. The molecule has 6 heteroatoms. The van der Waals surface area contributed by atoms with Gasteiger partial charge >= 0.3 is 13.6 Å². The third-order valence-electron chi connectivity index (χ3n) is 4.00. The molecule has 0 aromatic rings. The van der Waals surface area contributed by atoms with Crippen LogP contribution in [0.1, 0.15) is 78.6 Å². The largest absolute Gasteiger partial charge is 0.465 e. The molecule has 0 aromatic heterocycles. The predicted molar refractivity (Wildman–Crippen MR) is 84.3 cm³/mol. The monoisotopic (exact) mass is 322 g/mol. The van der Waals surface area contributed by atoms with Crippen molar-refractivity contribution in [2.24, 2.45) is 0 Å². The number of hydrogen-bond donors (Lipinski definition) is 2. The second kappa shape index (κ2) is 10.4. The van der Waals surface area contributed by atoms with Gasteiger partial charge in [0, 0.05) is 0 Å². The molecule has 0 aromatic carbocycles. The molecule has 0 spiro atoms. The lowest BCUT2D eigenvalue weighted by Crippen LogP contribution is -2.36. The van der Waals surface area contributed by atoms with Crippen LogP contribution in [0.2, 0.25) is 0 Å². The van der Waals surface area contributed by atoms with E-state index in [2.05, 4.69) is 6.92 Å². The standard InChI is InChI=1S/C15H31O5P/c1-4-6-7-8-9-10-11-12-13-20-14(16)15(3,5-2)21(17,18)19/h4-13H2,1-3H3,(H2,17,18,19). The van der Waals surface area contributed by atoms with Gasteiger partial charge in [0.05, 0.1) is 6.61 Å². The van der Waals surface area contributed by atoms with Gasteiger partial charge in [-0.2, -0.15) is 0 Å². The number of esters is 1. The zero-order valence-corrected chi connectivity index (χ0v) is 14.5. The van der Waals surface area contributed by atoms with Crippen molar-refractivity contribution >= 4 is 13.6 Å². The zero-order chi connectivity index (χ0) is 16.4. The lowest BCUT2D eigenvalue weighted by molar-refractivity contribution is -0.147. The molecule has 0 heterocycles. The van der Waals surface area contributed by atoms with Crippen molar-refractivity contribution in [3.8, 4) is 0 Å². The highest BCUT2D eigenvalue weighted by Crippen LogP contribution is 2.52. The summed E-state index contributed by atoms with van der Waals surface area (Å²) in [4.78, 5) is 30.4. The van der Waals surface area contributed by atoms with Crippen LogP contribution in [0.15, 0.2) is 0 Å². The maximum atomic E-state index is 11.8. The van der Waals surface area contributed by atoms with Crippen LogP contribution in [0.5, 0.6) is 0 Å². The first-order chi connectivity index (χ1) is 9.79. The molecule has 21 heavy (non-hydrogen) atoms. The van der Waals surface area contributed by atoms with Crippen LogP contribution in [-0.4, -0.2) is 27.5 Å². The van der Waals surface area contributed by atoms with E-state index >= 15 is 0 Å². The number of hydrogen-bond acceptors (Lipinski definition) is 3. The van der Waals surface area contributed by atoms with Gasteiger partial charge in [0.25, 0.3) is 0 Å². The minimum atomic E-state index is -4.50. The zero-order valence-electron chi connectivity index (χ0n) is 13.6. The molecular formula is C15H31O5P. The molecule has 1 atom stereocenters. The van der Waals surface area contributed by atoms with Crippen LogP contribution in [0.25, 0.3) is 0 Å². The van der Waals surface area contributed by atoms with E-state index in [1.54, 1.807) is 6.92 Å². The Kier molecular flexibility index (Phi) is 10.2. The van der Waals surface area contributed by atoms with Crippen LogP contribution in [0, 0.1) is 0 Å². The first kappa shape index (κ1) is 20.6. The molecule has 126 valence electrons. The summed E-state index contributed by atoms with van der Waals surface area (Å²) >= 11 is 0. The van der Waals surface area contributed by atoms with Crippen molar-refractivity contribution in [3.63, 3.8) is 0 Å². The van der Waals surface area contributed by atoms with E-state index < -0.39 is 18.7 Å². The molecule has 0 aliphatic rings. The molecule has 0 aliphatic heterocycles. The summed E-state index contributed by atoms with van der Waals surface area (Å²) < 4.78 is 16.4. The average molecular weight is 322 g/mol. The second-order valence-corrected chi connectivity index (χ2v) is 7.86. The quantitative estimate of drug-likeness (QED) is 0.322. The molecule has 0 aliphatic carbocycles. The van der Waals surface area contributed by atoms with Gasteiger partial charge in [0.2, 0.25) is 0 Å². The summed E-state index contributed by atoms with van der Waals surface area (Å²) in [5.74, 6) is -0.790. The average Bonchev–Trinajstić information content (AvgIpc) is 2.43. The van der Waals surface area contributed by atoms with Crippen molar-refractivity contribution in [1.82, 2.24) is 0 Å². The molecule has 0 rings (SSSR count). The van der Waals surface area contributed by atoms with Crippen LogP contribution in [-0.2, 0) is 14.1 Å². The fourth-order valence-corrected chi connectivity index (χ4v) is 2.74. The molecule has 5 nitrogen and oxygen atoms in total. The Morgan fingerprint density at radius 2 is 1.48 bits per heavy atom. The third-order valence-corrected chi connectivity index (χ3v) is 5.79. The molecule has 0 radical (unpaired) electrons. The summed E-state index contributed by atoms with van der Waals surface area (Å²) in [6.07, 6.45) is 9.17. The minimum absolute atomic E-state index is 0.0630. The molecule has 0 saturated heterocycles. The van der Waals surface area contributed by atoms with Crippen LogP contribution in [0.3, 0.4) is 0 Å². The summed E-state index contributed by atoms with van der Waals surface area (Å²) in [6.45, 7) is 5.28. The molecule has 2 N–H and O–H groups in total. The molecule has 0 saturated carbocycles. The van der Waals surface area contributed by atoms with Crippen molar-refractivity contribution in [2.75, 3.05) is 6.61 Å². The van der Waals surface area contributed by atoms with E-state index in [-0.39, 0.29) is 13.0 Å². The Hall–Kier alpha value is -0.380. The Morgan fingerprint density at radius 3 is 1.90 bits per heavy atom. The van der Waals surface area contributed by atoms with Gasteiger partial charge in [-0.25, -0.2) is 0 Å². The van der Waals surface area contributed by atoms with E-state index in [0.29, 0.717) is 0 Å². The topological polar surface area (TPSA) is 83.8 Å². The first-order valence-corrected chi connectivity index (χ1v) is 9.63. The SMILES string of the molecule is CCCCCCCCCCOC(=O)C(C)(CC)P(=O)(O)O. The number of rotatable bonds is 12. The molecule has 0 fully saturated rings. The van der Waals surface area contributed by atoms with Crippen LogP contribution >= 0.6 is 7.60 Å². The first-order valence-electron chi connectivity index (χ1n) is 8.02. The smallest absolute Gasteiger partial charge is 0.342 e. The van der Waals surface area contributed by atoms with Gasteiger partial charge in [-0.05, 0) is 19.8 Å². The van der Waals surface area contributed by atoms with Gasteiger partial charge in [0.15, 0.2) is 5.16 Å². The van der Waals surface area contributed by atoms with Gasteiger partial charge in [-0.1, -0.05) is 58.8 Å². The summed E-state index contributed by atoms with van der Waals surface area (Å²) in [5, 5.41) is -1.72.